The second kappa shape index (κ2) is 9.13. The summed E-state index contributed by atoms with van der Waals surface area (Å²) in [7, 11) is 1.68. The van der Waals surface area contributed by atoms with E-state index in [1.807, 2.05) is 56.4 Å². The SMILES string of the molecule is COc1cc(CN2CCc3nc(Nc4ccccc4)ncc3C2)ccc1OC(C)C. The van der Waals surface area contributed by atoms with Gasteiger partial charge in [0, 0.05) is 43.5 Å². The molecule has 0 amide bonds. The highest BCUT2D eigenvalue weighted by Gasteiger charge is 2.19. The smallest absolute Gasteiger partial charge is 0.227 e. The molecule has 2 aromatic carbocycles. The number of hydrogen-bond donors (Lipinski definition) is 1. The van der Waals surface area contributed by atoms with Gasteiger partial charge < -0.3 is 14.8 Å². The highest BCUT2D eigenvalue weighted by Crippen LogP contribution is 2.30. The van der Waals surface area contributed by atoms with Crippen LogP contribution in [0.15, 0.2) is 54.7 Å². The number of aromatic nitrogens is 2. The minimum Gasteiger partial charge on any atom is -0.493 e. The fourth-order valence-corrected chi connectivity index (χ4v) is 3.64. The van der Waals surface area contributed by atoms with Gasteiger partial charge in [0.05, 0.1) is 18.9 Å². The lowest BCUT2D eigenvalue weighted by molar-refractivity contribution is 0.228. The van der Waals surface area contributed by atoms with Gasteiger partial charge in [-0.1, -0.05) is 24.3 Å². The number of para-hydroxylation sites is 1. The first kappa shape index (κ1) is 20.2. The second-order valence-electron chi connectivity index (χ2n) is 7.77. The third-order valence-electron chi connectivity index (χ3n) is 5.04. The van der Waals surface area contributed by atoms with Gasteiger partial charge in [0.1, 0.15) is 0 Å². The molecule has 30 heavy (non-hydrogen) atoms. The van der Waals surface area contributed by atoms with Crippen molar-refractivity contribution in [1.29, 1.82) is 0 Å². The molecular formula is C24H28N4O2. The number of benzene rings is 2. The third-order valence-corrected chi connectivity index (χ3v) is 5.04. The van der Waals surface area contributed by atoms with Crippen LogP contribution in [0.5, 0.6) is 11.5 Å². The average molecular weight is 405 g/mol. The Kier molecular flexibility index (Phi) is 6.14. The number of anilines is 2. The fourth-order valence-electron chi connectivity index (χ4n) is 3.64. The molecule has 0 spiro atoms. The van der Waals surface area contributed by atoms with Gasteiger partial charge >= 0.3 is 0 Å². The molecule has 0 aliphatic carbocycles. The molecule has 156 valence electrons. The normalized spacial score (nSPS) is 13.7. The van der Waals surface area contributed by atoms with Crippen LogP contribution in [-0.2, 0) is 19.5 Å². The Bertz CT molecular complexity index is 992. The van der Waals surface area contributed by atoms with E-state index in [-0.39, 0.29) is 6.10 Å². The summed E-state index contributed by atoms with van der Waals surface area (Å²) in [5, 5.41) is 3.27. The van der Waals surface area contributed by atoms with Crippen LogP contribution in [0.25, 0.3) is 0 Å². The van der Waals surface area contributed by atoms with E-state index in [0.717, 1.165) is 48.9 Å². The molecule has 0 atom stereocenters. The predicted molar refractivity (Wildman–Crippen MR) is 118 cm³/mol. The maximum absolute atomic E-state index is 5.82. The second-order valence-corrected chi connectivity index (χ2v) is 7.77. The molecule has 4 rings (SSSR count). The van der Waals surface area contributed by atoms with Crippen molar-refractivity contribution in [2.45, 2.75) is 39.5 Å². The lowest BCUT2D eigenvalue weighted by atomic mass is 10.1. The highest BCUT2D eigenvalue weighted by molar-refractivity contribution is 5.53. The topological polar surface area (TPSA) is 59.5 Å². The maximum Gasteiger partial charge on any atom is 0.227 e. The quantitative estimate of drug-likeness (QED) is 0.622. The van der Waals surface area contributed by atoms with E-state index in [1.54, 1.807) is 7.11 Å². The Balaban J connectivity index is 1.42. The molecule has 1 aliphatic heterocycles. The molecule has 3 aromatic rings. The van der Waals surface area contributed by atoms with Crippen LogP contribution in [0, 0.1) is 0 Å². The standard InChI is InChI=1S/C24H28N4O2/c1-17(2)30-22-10-9-18(13-23(22)29-3)15-28-12-11-21-19(16-28)14-25-24(27-21)26-20-7-5-4-6-8-20/h4-10,13-14,17H,11-12,15-16H2,1-3H3,(H,25,26,27). The van der Waals surface area contributed by atoms with Crippen molar-refractivity contribution in [3.8, 4) is 11.5 Å². The summed E-state index contributed by atoms with van der Waals surface area (Å²) in [6, 6.07) is 16.2. The van der Waals surface area contributed by atoms with Crippen LogP contribution < -0.4 is 14.8 Å². The van der Waals surface area contributed by atoms with E-state index in [1.165, 1.54) is 11.1 Å². The van der Waals surface area contributed by atoms with Crippen molar-refractivity contribution < 1.29 is 9.47 Å². The zero-order valence-electron chi connectivity index (χ0n) is 17.8. The largest absolute Gasteiger partial charge is 0.493 e. The van der Waals surface area contributed by atoms with Crippen molar-refractivity contribution in [2.75, 3.05) is 19.0 Å². The van der Waals surface area contributed by atoms with Gasteiger partial charge in [0.2, 0.25) is 5.95 Å². The van der Waals surface area contributed by atoms with E-state index < -0.39 is 0 Å². The van der Waals surface area contributed by atoms with E-state index in [9.17, 15) is 0 Å². The maximum atomic E-state index is 5.82. The summed E-state index contributed by atoms with van der Waals surface area (Å²) in [5.41, 5.74) is 4.51. The van der Waals surface area contributed by atoms with Gasteiger partial charge in [-0.15, -0.1) is 0 Å². The Morgan fingerprint density at radius 2 is 1.93 bits per heavy atom. The highest BCUT2D eigenvalue weighted by atomic mass is 16.5. The van der Waals surface area contributed by atoms with Gasteiger partial charge in [-0.2, -0.15) is 0 Å². The zero-order valence-corrected chi connectivity index (χ0v) is 17.8. The van der Waals surface area contributed by atoms with Crippen LogP contribution in [0.2, 0.25) is 0 Å². The molecule has 2 heterocycles. The molecule has 6 nitrogen and oxygen atoms in total. The van der Waals surface area contributed by atoms with Crippen molar-refractivity contribution in [3.63, 3.8) is 0 Å². The van der Waals surface area contributed by atoms with Crippen LogP contribution in [0.1, 0.15) is 30.7 Å². The van der Waals surface area contributed by atoms with Gasteiger partial charge in [0.25, 0.3) is 0 Å². The fraction of sp³-hybridized carbons (Fsp3) is 0.333. The van der Waals surface area contributed by atoms with E-state index >= 15 is 0 Å². The van der Waals surface area contributed by atoms with Gasteiger partial charge in [-0.05, 0) is 43.7 Å². The van der Waals surface area contributed by atoms with E-state index in [4.69, 9.17) is 14.5 Å². The van der Waals surface area contributed by atoms with Crippen LogP contribution >= 0.6 is 0 Å². The van der Waals surface area contributed by atoms with Gasteiger partial charge in [-0.25, -0.2) is 9.97 Å². The number of nitrogens with one attached hydrogen (secondary N) is 1. The Labute approximate surface area is 177 Å². The zero-order chi connectivity index (χ0) is 20.9. The number of nitrogens with zero attached hydrogens (tertiary/aromatic N) is 3. The molecule has 0 saturated heterocycles. The summed E-state index contributed by atoms with van der Waals surface area (Å²) < 4.78 is 11.3. The van der Waals surface area contributed by atoms with Crippen molar-refractivity contribution in [3.05, 3.63) is 71.5 Å². The lowest BCUT2D eigenvalue weighted by Gasteiger charge is -2.28. The molecular weight excluding hydrogens is 376 g/mol. The van der Waals surface area contributed by atoms with E-state index in [0.29, 0.717) is 5.95 Å². The minimum absolute atomic E-state index is 0.115. The van der Waals surface area contributed by atoms with E-state index in [2.05, 4.69) is 27.3 Å². The molecule has 0 fully saturated rings. The minimum atomic E-state index is 0.115. The van der Waals surface area contributed by atoms with Gasteiger partial charge in [-0.3, -0.25) is 4.90 Å². The summed E-state index contributed by atoms with van der Waals surface area (Å²) in [6.07, 6.45) is 2.97. The molecule has 0 bridgehead atoms. The van der Waals surface area contributed by atoms with Crippen molar-refractivity contribution in [1.82, 2.24) is 14.9 Å². The molecule has 0 saturated carbocycles. The van der Waals surface area contributed by atoms with Crippen molar-refractivity contribution in [2.24, 2.45) is 0 Å². The summed E-state index contributed by atoms with van der Waals surface area (Å²) >= 11 is 0. The third kappa shape index (κ3) is 4.89. The molecule has 1 aromatic heterocycles. The Hall–Kier alpha value is -3.12. The summed E-state index contributed by atoms with van der Waals surface area (Å²) in [5.74, 6) is 2.21. The number of rotatable bonds is 7. The molecule has 0 radical (unpaired) electrons. The number of methoxy groups -OCH3 is 1. The number of fused-ring (bicyclic) bond motifs is 1. The van der Waals surface area contributed by atoms with Crippen LogP contribution in [0.4, 0.5) is 11.6 Å². The number of ether oxygens (including phenoxy) is 2. The first-order chi connectivity index (χ1) is 14.6. The predicted octanol–water partition coefficient (Wildman–Crippen LogP) is 4.57. The summed E-state index contributed by atoms with van der Waals surface area (Å²) in [4.78, 5) is 11.7. The molecule has 0 unspecified atom stereocenters. The first-order valence-corrected chi connectivity index (χ1v) is 10.3. The molecule has 6 heteroatoms. The Morgan fingerprint density at radius 3 is 2.70 bits per heavy atom. The summed E-state index contributed by atoms with van der Waals surface area (Å²) in [6.45, 7) is 6.68. The molecule has 1 N–H and O–H groups in total. The number of hydrogen-bond acceptors (Lipinski definition) is 6. The van der Waals surface area contributed by atoms with Crippen LogP contribution in [-0.4, -0.2) is 34.6 Å². The van der Waals surface area contributed by atoms with Gasteiger partial charge in [0.15, 0.2) is 11.5 Å². The Morgan fingerprint density at radius 1 is 1.10 bits per heavy atom. The molecule has 1 aliphatic rings. The van der Waals surface area contributed by atoms with Crippen LogP contribution in [0.3, 0.4) is 0 Å². The first-order valence-electron chi connectivity index (χ1n) is 10.3. The average Bonchev–Trinajstić information content (AvgIpc) is 2.75. The lowest BCUT2D eigenvalue weighted by Crippen LogP contribution is -2.31. The van der Waals surface area contributed by atoms with Crippen molar-refractivity contribution >= 4 is 11.6 Å². The monoisotopic (exact) mass is 404 g/mol.